The SMILES string of the molecule is N#CC(NC(=O)C(F)(F)C1(O)CCC1)c1cccc(Cl)c1. The maximum absolute atomic E-state index is 13.9. The Morgan fingerprint density at radius 2 is 2.19 bits per heavy atom. The highest BCUT2D eigenvalue weighted by Crippen LogP contribution is 2.44. The molecule has 1 aliphatic carbocycles. The summed E-state index contributed by atoms with van der Waals surface area (Å²) in [6, 6.07) is 6.49. The lowest BCUT2D eigenvalue weighted by Gasteiger charge is -2.41. The number of nitrogens with one attached hydrogen (secondary N) is 1. The number of hydrogen-bond donors (Lipinski definition) is 2. The Hall–Kier alpha value is -1.71. The first-order valence-electron chi connectivity index (χ1n) is 6.36. The zero-order valence-electron chi connectivity index (χ0n) is 10.9. The van der Waals surface area contributed by atoms with Crippen LogP contribution in [0.3, 0.4) is 0 Å². The number of benzene rings is 1. The van der Waals surface area contributed by atoms with E-state index < -0.39 is 23.5 Å². The van der Waals surface area contributed by atoms with E-state index in [1.807, 2.05) is 5.32 Å². The number of carbonyl (C=O) groups is 1. The van der Waals surface area contributed by atoms with Gasteiger partial charge in [0.15, 0.2) is 0 Å². The van der Waals surface area contributed by atoms with Crippen LogP contribution in [0.5, 0.6) is 0 Å². The Balaban J connectivity index is 2.16. The summed E-state index contributed by atoms with van der Waals surface area (Å²) in [5.74, 6) is -5.59. The van der Waals surface area contributed by atoms with Crippen molar-refractivity contribution in [3.8, 4) is 6.07 Å². The molecule has 21 heavy (non-hydrogen) atoms. The molecule has 1 aromatic carbocycles. The average molecular weight is 315 g/mol. The van der Waals surface area contributed by atoms with Crippen molar-refractivity contribution in [1.82, 2.24) is 5.32 Å². The minimum absolute atomic E-state index is 0.137. The van der Waals surface area contributed by atoms with Gasteiger partial charge in [0.25, 0.3) is 5.91 Å². The predicted molar refractivity (Wildman–Crippen MR) is 71.7 cm³/mol. The number of carbonyl (C=O) groups excluding carboxylic acids is 1. The lowest BCUT2D eigenvalue weighted by atomic mass is 9.75. The lowest BCUT2D eigenvalue weighted by molar-refractivity contribution is -0.216. The second-order valence-corrected chi connectivity index (χ2v) is 5.49. The predicted octanol–water partition coefficient (Wildman–Crippen LogP) is 2.57. The maximum Gasteiger partial charge on any atom is 0.352 e. The van der Waals surface area contributed by atoms with E-state index in [1.54, 1.807) is 18.2 Å². The van der Waals surface area contributed by atoms with Crippen LogP contribution in [-0.4, -0.2) is 22.5 Å². The van der Waals surface area contributed by atoms with E-state index >= 15 is 0 Å². The molecule has 0 saturated heterocycles. The molecule has 1 atom stereocenters. The van der Waals surface area contributed by atoms with Crippen LogP contribution in [0.4, 0.5) is 8.78 Å². The van der Waals surface area contributed by atoms with Gasteiger partial charge in [-0.15, -0.1) is 0 Å². The van der Waals surface area contributed by atoms with Crippen molar-refractivity contribution in [3.05, 3.63) is 34.9 Å². The summed E-state index contributed by atoms with van der Waals surface area (Å²) < 4.78 is 27.9. The molecular formula is C14H13ClF2N2O2. The Labute approximate surface area is 125 Å². The number of halogens is 3. The third-order valence-electron chi connectivity index (χ3n) is 3.64. The monoisotopic (exact) mass is 314 g/mol. The van der Waals surface area contributed by atoms with Gasteiger partial charge in [0.2, 0.25) is 0 Å². The number of nitriles is 1. The van der Waals surface area contributed by atoms with Gasteiger partial charge in [0.1, 0.15) is 11.6 Å². The average Bonchev–Trinajstić information content (AvgIpc) is 2.41. The topological polar surface area (TPSA) is 73.1 Å². The highest BCUT2D eigenvalue weighted by Gasteiger charge is 2.61. The fourth-order valence-electron chi connectivity index (χ4n) is 2.14. The van der Waals surface area contributed by atoms with E-state index in [0.717, 1.165) is 0 Å². The summed E-state index contributed by atoms with van der Waals surface area (Å²) in [5.41, 5.74) is -2.01. The van der Waals surface area contributed by atoms with Gasteiger partial charge in [0, 0.05) is 5.02 Å². The van der Waals surface area contributed by atoms with Gasteiger partial charge in [-0.3, -0.25) is 4.79 Å². The summed E-state index contributed by atoms with van der Waals surface area (Å²) in [6.45, 7) is 0. The number of rotatable bonds is 4. The Morgan fingerprint density at radius 3 is 2.67 bits per heavy atom. The number of hydrogen-bond acceptors (Lipinski definition) is 3. The molecule has 2 N–H and O–H groups in total. The quantitative estimate of drug-likeness (QED) is 0.897. The van der Waals surface area contributed by atoms with Crippen molar-refractivity contribution >= 4 is 17.5 Å². The molecular weight excluding hydrogens is 302 g/mol. The smallest absolute Gasteiger partial charge is 0.352 e. The fraction of sp³-hybridized carbons (Fsp3) is 0.429. The van der Waals surface area contributed by atoms with E-state index in [1.165, 1.54) is 12.1 Å². The molecule has 4 nitrogen and oxygen atoms in total. The van der Waals surface area contributed by atoms with Crippen molar-refractivity contribution < 1.29 is 18.7 Å². The van der Waals surface area contributed by atoms with Crippen LogP contribution in [0.1, 0.15) is 30.9 Å². The molecule has 1 aromatic rings. The first-order chi connectivity index (χ1) is 9.80. The number of aliphatic hydroxyl groups is 1. The normalized spacial score (nSPS) is 18.2. The zero-order valence-corrected chi connectivity index (χ0v) is 11.7. The van der Waals surface area contributed by atoms with Gasteiger partial charge < -0.3 is 10.4 Å². The molecule has 1 amide bonds. The van der Waals surface area contributed by atoms with E-state index in [0.29, 0.717) is 17.0 Å². The molecule has 0 heterocycles. The van der Waals surface area contributed by atoms with Crippen molar-refractivity contribution in [2.24, 2.45) is 0 Å². The molecule has 1 aliphatic rings. The molecule has 1 unspecified atom stereocenters. The van der Waals surface area contributed by atoms with Crippen LogP contribution in [0, 0.1) is 11.3 Å². The Morgan fingerprint density at radius 1 is 1.52 bits per heavy atom. The highest BCUT2D eigenvalue weighted by atomic mass is 35.5. The highest BCUT2D eigenvalue weighted by molar-refractivity contribution is 6.30. The van der Waals surface area contributed by atoms with Crippen molar-refractivity contribution in [3.63, 3.8) is 0 Å². The standard InChI is InChI=1S/C14H13ClF2N2O2/c15-10-4-1-3-9(7-10)11(8-18)19-12(20)14(16,17)13(21)5-2-6-13/h1,3-4,7,11,21H,2,5-6H2,(H,19,20). The fourth-order valence-corrected chi connectivity index (χ4v) is 2.33. The third kappa shape index (κ3) is 2.85. The minimum atomic E-state index is -3.93. The number of alkyl halides is 2. The first kappa shape index (κ1) is 15.7. The van der Waals surface area contributed by atoms with Gasteiger partial charge >= 0.3 is 5.92 Å². The van der Waals surface area contributed by atoms with E-state index in [4.69, 9.17) is 16.9 Å². The zero-order chi connectivity index (χ0) is 15.7. The Kier molecular flexibility index (Phi) is 4.17. The number of amides is 1. The van der Waals surface area contributed by atoms with Gasteiger partial charge in [0.05, 0.1) is 6.07 Å². The molecule has 0 aromatic heterocycles. The maximum atomic E-state index is 13.9. The molecule has 0 spiro atoms. The lowest BCUT2D eigenvalue weighted by Crippen LogP contribution is -2.60. The summed E-state index contributed by atoms with van der Waals surface area (Å²) >= 11 is 5.77. The summed E-state index contributed by atoms with van der Waals surface area (Å²) in [5, 5.41) is 21.0. The van der Waals surface area contributed by atoms with Gasteiger partial charge in [-0.05, 0) is 37.0 Å². The van der Waals surface area contributed by atoms with E-state index in [9.17, 15) is 18.7 Å². The first-order valence-corrected chi connectivity index (χ1v) is 6.74. The second kappa shape index (κ2) is 5.58. The van der Waals surface area contributed by atoms with Crippen LogP contribution in [-0.2, 0) is 4.79 Å². The third-order valence-corrected chi connectivity index (χ3v) is 3.87. The molecule has 112 valence electrons. The van der Waals surface area contributed by atoms with Crippen LogP contribution >= 0.6 is 11.6 Å². The molecule has 1 fully saturated rings. The van der Waals surface area contributed by atoms with Gasteiger partial charge in [-0.2, -0.15) is 14.0 Å². The summed E-state index contributed by atoms with van der Waals surface area (Å²) in [4.78, 5) is 11.7. The molecule has 0 aliphatic heterocycles. The largest absolute Gasteiger partial charge is 0.383 e. The minimum Gasteiger partial charge on any atom is -0.383 e. The summed E-state index contributed by atoms with van der Waals surface area (Å²) in [7, 11) is 0. The van der Waals surface area contributed by atoms with E-state index in [2.05, 4.69) is 0 Å². The van der Waals surface area contributed by atoms with Crippen LogP contribution in [0.15, 0.2) is 24.3 Å². The van der Waals surface area contributed by atoms with E-state index in [-0.39, 0.29) is 12.8 Å². The molecule has 0 bridgehead atoms. The molecule has 0 radical (unpaired) electrons. The van der Waals surface area contributed by atoms with Gasteiger partial charge in [-0.25, -0.2) is 0 Å². The van der Waals surface area contributed by atoms with Crippen molar-refractivity contribution in [2.75, 3.05) is 0 Å². The Bertz CT molecular complexity index is 597. The van der Waals surface area contributed by atoms with Crippen molar-refractivity contribution in [2.45, 2.75) is 36.8 Å². The van der Waals surface area contributed by atoms with Crippen molar-refractivity contribution in [1.29, 1.82) is 5.26 Å². The van der Waals surface area contributed by atoms with Gasteiger partial charge in [-0.1, -0.05) is 23.7 Å². The van der Waals surface area contributed by atoms with Crippen LogP contribution < -0.4 is 5.32 Å². The van der Waals surface area contributed by atoms with Crippen LogP contribution in [0.2, 0.25) is 5.02 Å². The number of nitrogens with zero attached hydrogens (tertiary/aromatic N) is 1. The molecule has 2 rings (SSSR count). The second-order valence-electron chi connectivity index (χ2n) is 5.05. The summed E-state index contributed by atoms with van der Waals surface area (Å²) in [6.07, 6.45) is 0.166. The molecule has 7 heteroatoms. The van der Waals surface area contributed by atoms with Crippen LogP contribution in [0.25, 0.3) is 0 Å². The molecule has 1 saturated carbocycles.